The quantitative estimate of drug-likeness (QED) is 0.725. The number of aliphatic hydroxyl groups excluding tert-OH is 1. The number of nitrogens with one attached hydrogen (secondary N) is 2. The first-order valence-electron chi connectivity index (χ1n) is 5.02. The van der Waals surface area contributed by atoms with Gasteiger partial charge in [0.25, 0.3) is 0 Å². The summed E-state index contributed by atoms with van der Waals surface area (Å²) in [7, 11) is 0. The Labute approximate surface area is 107 Å². The Morgan fingerprint density at radius 2 is 1.88 bits per heavy atom. The standard InChI is InChI=1S/C11H13BrN2O3/c1-7(15)6-13-10(16)11(17)14-9-4-2-8(12)3-5-9/h2-5,7,15H,6H2,1H3,(H,13,16)(H,14,17)/t7-/m0/s1. The van der Waals surface area contributed by atoms with E-state index < -0.39 is 17.9 Å². The van der Waals surface area contributed by atoms with E-state index in [-0.39, 0.29) is 6.54 Å². The Hall–Kier alpha value is -1.40. The third-order valence-electron chi connectivity index (χ3n) is 1.87. The summed E-state index contributed by atoms with van der Waals surface area (Å²) in [5, 5.41) is 13.7. The average Bonchev–Trinajstić information content (AvgIpc) is 2.28. The van der Waals surface area contributed by atoms with Gasteiger partial charge >= 0.3 is 11.8 Å². The van der Waals surface area contributed by atoms with Crippen molar-refractivity contribution in [2.24, 2.45) is 0 Å². The molecular weight excluding hydrogens is 288 g/mol. The number of amides is 2. The van der Waals surface area contributed by atoms with Gasteiger partial charge in [-0.25, -0.2) is 0 Å². The number of hydrogen-bond donors (Lipinski definition) is 3. The average molecular weight is 301 g/mol. The predicted molar refractivity (Wildman–Crippen MR) is 67.5 cm³/mol. The molecule has 0 aliphatic carbocycles. The molecular formula is C11H13BrN2O3. The second-order valence-electron chi connectivity index (χ2n) is 3.52. The first kappa shape index (κ1) is 13.7. The molecule has 1 aromatic rings. The minimum absolute atomic E-state index is 0.0482. The number of carbonyl (C=O) groups excluding carboxylic acids is 2. The van der Waals surface area contributed by atoms with Crippen LogP contribution in [0.25, 0.3) is 0 Å². The lowest BCUT2D eigenvalue weighted by atomic mass is 10.3. The molecule has 0 radical (unpaired) electrons. The molecule has 0 unspecified atom stereocenters. The summed E-state index contributed by atoms with van der Waals surface area (Å²) in [6.45, 7) is 1.57. The second kappa shape index (κ2) is 6.36. The van der Waals surface area contributed by atoms with Gasteiger partial charge in [0, 0.05) is 16.7 Å². The molecule has 17 heavy (non-hydrogen) atoms. The molecule has 1 aromatic carbocycles. The number of benzene rings is 1. The van der Waals surface area contributed by atoms with E-state index in [1.54, 1.807) is 24.3 Å². The Bertz CT molecular complexity index is 404. The van der Waals surface area contributed by atoms with Crippen molar-refractivity contribution in [2.45, 2.75) is 13.0 Å². The maximum Gasteiger partial charge on any atom is 0.313 e. The van der Waals surface area contributed by atoms with Gasteiger partial charge in [0.1, 0.15) is 0 Å². The molecule has 0 aliphatic rings. The predicted octanol–water partition coefficient (Wildman–Crippen LogP) is 0.885. The minimum Gasteiger partial charge on any atom is -0.392 e. The third-order valence-corrected chi connectivity index (χ3v) is 2.40. The lowest BCUT2D eigenvalue weighted by molar-refractivity contribution is -0.136. The number of hydrogen-bond acceptors (Lipinski definition) is 3. The largest absolute Gasteiger partial charge is 0.392 e. The molecule has 0 bridgehead atoms. The monoisotopic (exact) mass is 300 g/mol. The van der Waals surface area contributed by atoms with Crippen LogP contribution in [0, 0.1) is 0 Å². The number of carbonyl (C=O) groups is 2. The Kier molecular flexibility index (Phi) is 5.11. The van der Waals surface area contributed by atoms with Crippen LogP contribution in [0.5, 0.6) is 0 Å². The van der Waals surface area contributed by atoms with Crippen LogP contribution in [0.4, 0.5) is 5.69 Å². The van der Waals surface area contributed by atoms with Gasteiger partial charge in [-0.1, -0.05) is 15.9 Å². The molecule has 0 aliphatic heterocycles. The maximum absolute atomic E-state index is 11.4. The van der Waals surface area contributed by atoms with Gasteiger partial charge in [-0.2, -0.15) is 0 Å². The van der Waals surface area contributed by atoms with E-state index in [0.29, 0.717) is 5.69 Å². The highest BCUT2D eigenvalue weighted by Gasteiger charge is 2.13. The van der Waals surface area contributed by atoms with Gasteiger partial charge in [0.2, 0.25) is 0 Å². The van der Waals surface area contributed by atoms with Gasteiger partial charge < -0.3 is 15.7 Å². The fourth-order valence-electron chi connectivity index (χ4n) is 1.04. The highest BCUT2D eigenvalue weighted by molar-refractivity contribution is 9.10. The van der Waals surface area contributed by atoms with Gasteiger partial charge in [-0.15, -0.1) is 0 Å². The molecule has 3 N–H and O–H groups in total. The normalized spacial score (nSPS) is 11.7. The zero-order valence-electron chi connectivity index (χ0n) is 9.24. The summed E-state index contributed by atoms with van der Waals surface area (Å²) in [4.78, 5) is 22.7. The molecule has 0 aromatic heterocycles. The number of halogens is 1. The molecule has 1 atom stereocenters. The van der Waals surface area contributed by atoms with Crippen molar-refractivity contribution >= 4 is 33.4 Å². The lowest BCUT2D eigenvalue weighted by Crippen LogP contribution is -2.38. The van der Waals surface area contributed by atoms with Crippen molar-refractivity contribution in [3.8, 4) is 0 Å². The van der Waals surface area contributed by atoms with E-state index in [1.165, 1.54) is 6.92 Å². The number of rotatable bonds is 3. The SMILES string of the molecule is C[C@H](O)CNC(=O)C(=O)Nc1ccc(Br)cc1. The van der Waals surface area contributed by atoms with Crippen LogP contribution >= 0.6 is 15.9 Å². The summed E-state index contributed by atoms with van der Waals surface area (Å²) in [5.41, 5.74) is 0.533. The molecule has 6 heteroatoms. The molecule has 0 saturated heterocycles. The maximum atomic E-state index is 11.4. The highest BCUT2D eigenvalue weighted by Crippen LogP contribution is 2.13. The minimum atomic E-state index is -0.770. The summed E-state index contributed by atoms with van der Waals surface area (Å²) in [6.07, 6.45) is -0.681. The van der Waals surface area contributed by atoms with Gasteiger partial charge in [-0.3, -0.25) is 9.59 Å². The van der Waals surface area contributed by atoms with Crippen molar-refractivity contribution in [1.29, 1.82) is 0 Å². The van der Waals surface area contributed by atoms with E-state index in [9.17, 15) is 9.59 Å². The molecule has 0 spiro atoms. The Morgan fingerprint density at radius 1 is 1.29 bits per heavy atom. The van der Waals surface area contributed by atoms with Crippen LogP contribution in [-0.2, 0) is 9.59 Å². The molecule has 5 nitrogen and oxygen atoms in total. The first-order chi connectivity index (χ1) is 7.99. The van der Waals surface area contributed by atoms with Crippen LogP contribution in [-0.4, -0.2) is 29.6 Å². The smallest absolute Gasteiger partial charge is 0.313 e. The molecule has 0 heterocycles. The van der Waals surface area contributed by atoms with Crippen LogP contribution in [0.3, 0.4) is 0 Å². The topological polar surface area (TPSA) is 78.4 Å². The Balaban J connectivity index is 2.48. The van der Waals surface area contributed by atoms with Crippen molar-refractivity contribution in [3.05, 3.63) is 28.7 Å². The zero-order valence-corrected chi connectivity index (χ0v) is 10.8. The van der Waals surface area contributed by atoms with Crippen LogP contribution in [0.15, 0.2) is 28.7 Å². The van der Waals surface area contributed by atoms with Crippen molar-refractivity contribution in [2.75, 3.05) is 11.9 Å². The zero-order chi connectivity index (χ0) is 12.8. The van der Waals surface area contributed by atoms with Crippen molar-refractivity contribution in [3.63, 3.8) is 0 Å². The molecule has 0 saturated carbocycles. The first-order valence-corrected chi connectivity index (χ1v) is 5.81. The molecule has 92 valence electrons. The van der Waals surface area contributed by atoms with E-state index in [4.69, 9.17) is 5.11 Å². The van der Waals surface area contributed by atoms with E-state index >= 15 is 0 Å². The fourth-order valence-corrected chi connectivity index (χ4v) is 1.31. The van der Waals surface area contributed by atoms with Gasteiger partial charge in [0.05, 0.1) is 6.10 Å². The fraction of sp³-hybridized carbons (Fsp3) is 0.273. The van der Waals surface area contributed by atoms with E-state index in [0.717, 1.165) is 4.47 Å². The van der Waals surface area contributed by atoms with Crippen LogP contribution in [0.1, 0.15) is 6.92 Å². The highest BCUT2D eigenvalue weighted by atomic mass is 79.9. The Morgan fingerprint density at radius 3 is 2.41 bits per heavy atom. The van der Waals surface area contributed by atoms with E-state index in [1.807, 2.05) is 0 Å². The van der Waals surface area contributed by atoms with E-state index in [2.05, 4.69) is 26.6 Å². The molecule has 2 amide bonds. The summed E-state index contributed by atoms with van der Waals surface area (Å²) in [6, 6.07) is 6.85. The number of aliphatic hydroxyl groups is 1. The number of anilines is 1. The van der Waals surface area contributed by atoms with Crippen molar-refractivity contribution < 1.29 is 14.7 Å². The summed E-state index contributed by atoms with van der Waals surface area (Å²) >= 11 is 3.26. The van der Waals surface area contributed by atoms with Crippen LogP contribution < -0.4 is 10.6 Å². The summed E-state index contributed by atoms with van der Waals surface area (Å²) < 4.78 is 0.883. The van der Waals surface area contributed by atoms with Gasteiger partial charge in [-0.05, 0) is 31.2 Å². The van der Waals surface area contributed by atoms with Crippen molar-refractivity contribution in [1.82, 2.24) is 5.32 Å². The third kappa shape index (κ3) is 4.97. The second-order valence-corrected chi connectivity index (χ2v) is 4.44. The lowest BCUT2D eigenvalue weighted by Gasteiger charge is -2.07. The van der Waals surface area contributed by atoms with Gasteiger partial charge in [0.15, 0.2) is 0 Å². The molecule has 0 fully saturated rings. The van der Waals surface area contributed by atoms with Crippen LogP contribution in [0.2, 0.25) is 0 Å². The summed E-state index contributed by atoms with van der Waals surface area (Å²) in [5.74, 6) is -1.53. The molecule has 1 rings (SSSR count).